The second-order valence-electron chi connectivity index (χ2n) is 4.92. The summed E-state index contributed by atoms with van der Waals surface area (Å²) in [5.74, 6) is 1.40. The highest BCUT2D eigenvalue weighted by Gasteiger charge is 2.28. The molecule has 1 saturated carbocycles. The molecule has 0 aromatic heterocycles. The van der Waals surface area contributed by atoms with Crippen LogP contribution in [0.4, 0.5) is 11.4 Å². The highest BCUT2D eigenvalue weighted by molar-refractivity contribution is 5.65. The van der Waals surface area contributed by atoms with Crippen molar-refractivity contribution in [2.24, 2.45) is 11.8 Å². The van der Waals surface area contributed by atoms with Crippen molar-refractivity contribution in [3.63, 3.8) is 0 Å². The van der Waals surface area contributed by atoms with Gasteiger partial charge >= 0.3 is 0 Å². The van der Waals surface area contributed by atoms with E-state index in [1.807, 2.05) is 13.0 Å². The van der Waals surface area contributed by atoms with Gasteiger partial charge in [-0.15, -0.1) is 0 Å². The van der Waals surface area contributed by atoms with E-state index < -0.39 is 0 Å². The van der Waals surface area contributed by atoms with E-state index in [1.54, 1.807) is 12.1 Å². The molecule has 0 radical (unpaired) electrons. The number of aryl methyl sites for hydroxylation is 1. The van der Waals surface area contributed by atoms with Gasteiger partial charge in [0.2, 0.25) is 0 Å². The molecule has 1 N–H and O–H groups in total. The molecule has 0 bridgehead atoms. The fourth-order valence-corrected chi connectivity index (χ4v) is 2.13. The molecule has 1 fully saturated rings. The van der Waals surface area contributed by atoms with E-state index >= 15 is 0 Å². The number of hydrogen-bond acceptors (Lipinski definition) is 3. The second kappa shape index (κ2) is 4.73. The Morgan fingerprint density at radius 1 is 1.53 bits per heavy atom. The summed E-state index contributed by atoms with van der Waals surface area (Å²) in [6, 6.07) is 5.18. The Morgan fingerprint density at radius 3 is 2.82 bits per heavy atom. The van der Waals surface area contributed by atoms with Crippen molar-refractivity contribution in [3.8, 4) is 0 Å². The van der Waals surface area contributed by atoms with E-state index in [1.165, 1.54) is 12.8 Å². The Kier molecular flexibility index (Phi) is 3.31. The summed E-state index contributed by atoms with van der Waals surface area (Å²) in [6.45, 7) is 4.92. The van der Waals surface area contributed by atoms with Gasteiger partial charge in [-0.25, -0.2) is 0 Å². The minimum atomic E-state index is -0.322. The molecule has 17 heavy (non-hydrogen) atoms. The summed E-state index contributed by atoms with van der Waals surface area (Å²) in [5, 5.41) is 14.2. The van der Waals surface area contributed by atoms with Crippen LogP contribution in [0.25, 0.3) is 0 Å². The Labute approximate surface area is 101 Å². The molecule has 1 aliphatic carbocycles. The lowest BCUT2D eigenvalue weighted by atomic mass is 10.1. The van der Waals surface area contributed by atoms with E-state index in [0.717, 1.165) is 18.0 Å². The molecule has 1 unspecified atom stereocenters. The SMILES string of the molecule is Cc1cccc([N+](=O)[O-])c1NCC(C)C1CC1. The first-order chi connectivity index (χ1) is 8.09. The lowest BCUT2D eigenvalue weighted by Gasteiger charge is -2.14. The molecule has 92 valence electrons. The zero-order valence-electron chi connectivity index (χ0n) is 10.3. The largest absolute Gasteiger partial charge is 0.379 e. The van der Waals surface area contributed by atoms with Gasteiger partial charge < -0.3 is 5.32 Å². The minimum Gasteiger partial charge on any atom is -0.379 e. The summed E-state index contributed by atoms with van der Waals surface area (Å²) in [4.78, 5) is 10.6. The lowest BCUT2D eigenvalue weighted by molar-refractivity contribution is -0.384. The van der Waals surface area contributed by atoms with Crippen LogP contribution in [0.5, 0.6) is 0 Å². The normalized spacial score (nSPS) is 16.6. The maximum atomic E-state index is 10.9. The number of benzene rings is 1. The summed E-state index contributed by atoms with van der Waals surface area (Å²) in [6.07, 6.45) is 2.61. The van der Waals surface area contributed by atoms with E-state index in [2.05, 4.69) is 12.2 Å². The third-order valence-electron chi connectivity index (χ3n) is 3.48. The maximum Gasteiger partial charge on any atom is 0.292 e. The number of nitro groups is 1. The first kappa shape index (κ1) is 11.9. The van der Waals surface area contributed by atoms with E-state index in [4.69, 9.17) is 0 Å². The summed E-state index contributed by atoms with van der Waals surface area (Å²) < 4.78 is 0. The van der Waals surface area contributed by atoms with Crippen LogP contribution in [0, 0.1) is 28.9 Å². The third-order valence-corrected chi connectivity index (χ3v) is 3.48. The van der Waals surface area contributed by atoms with Crippen LogP contribution in [0.1, 0.15) is 25.3 Å². The monoisotopic (exact) mass is 234 g/mol. The molecule has 0 heterocycles. The summed E-state index contributed by atoms with van der Waals surface area (Å²) in [7, 11) is 0. The van der Waals surface area contributed by atoms with E-state index in [-0.39, 0.29) is 10.6 Å². The van der Waals surface area contributed by atoms with Crippen molar-refractivity contribution < 1.29 is 4.92 Å². The minimum absolute atomic E-state index is 0.174. The number of nitro benzene ring substituents is 1. The Morgan fingerprint density at radius 2 is 2.24 bits per heavy atom. The van der Waals surface area contributed by atoms with Crippen LogP contribution in [0.3, 0.4) is 0 Å². The van der Waals surface area contributed by atoms with Crippen molar-refractivity contribution in [3.05, 3.63) is 33.9 Å². The molecular weight excluding hydrogens is 216 g/mol. The number of anilines is 1. The first-order valence-electron chi connectivity index (χ1n) is 6.07. The van der Waals surface area contributed by atoms with Crippen molar-refractivity contribution in [2.45, 2.75) is 26.7 Å². The molecule has 4 nitrogen and oxygen atoms in total. The highest BCUT2D eigenvalue weighted by atomic mass is 16.6. The van der Waals surface area contributed by atoms with Gasteiger partial charge in [-0.2, -0.15) is 0 Å². The summed E-state index contributed by atoms with van der Waals surface area (Å²) in [5.41, 5.74) is 1.78. The smallest absolute Gasteiger partial charge is 0.292 e. The van der Waals surface area contributed by atoms with Crippen molar-refractivity contribution in [1.29, 1.82) is 0 Å². The van der Waals surface area contributed by atoms with Crippen molar-refractivity contribution >= 4 is 11.4 Å². The van der Waals surface area contributed by atoms with Crippen LogP contribution in [-0.4, -0.2) is 11.5 Å². The molecule has 0 aliphatic heterocycles. The number of rotatable bonds is 5. The zero-order valence-corrected chi connectivity index (χ0v) is 10.3. The Bertz CT molecular complexity index is 427. The quantitative estimate of drug-likeness (QED) is 0.627. The standard InChI is InChI=1S/C13H18N2O2/c1-9-4-3-5-12(15(16)17)13(9)14-8-10(2)11-6-7-11/h3-5,10-11,14H,6-8H2,1-2H3. The lowest BCUT2D eigenvalue weighted by Crippen LogP contribution is -2.14. The fourth-order valence-electron chi connectivity index (χ4n) is 2.13. The van der Waals surface area contributed by atoms with Gasteiger partial charge in [0.1, 0.15) is 5.69 Å². The molecular formula is C13H18N2O2. The molecule has 0 saturated heterocycles. The highest BCUT2D eigenvalue weighted by Crippen LogP contribution is 2.37. The van der Waals surface area contributed by atoms with Gasteiger partial charge in [-0.1, -0.05) is 19.1 Å². The molecule has 1 aliphatic rings. The predicted molar refractivity (Wildman–Crippen MR) is 68.2 cm³/mol. The Balaban J connectivity index is 2.10. The number of nitrogens with zero attached hydrogens (tertiary/aromatic N) is 1. The fraction of sp³-hybridized carbons (Fsp3) is 0.538. The van der Waals surface area contributed by atoms with Gasteiger partial charge in [0.15, 0.2) is 0 Å². The molecule has 2 rings (SSSR count). The molecule has 1 aromatic rings. The van der Waals surface area contributed by atoms with Crippen molar-refractivity contribution in [2.75, 3.05) is 11.9 Å². The van der Waals surface area contributed by atoms with Gasteiger partial charge in [0, 0.05) is 12.6 Å². The first-order valence-corrected chi connectivity index (χ1v) is 6.07. The second-order valence-corrected chi connectivity index (χ2v) is 4.92. The maximum absolute atomic E-state index is 10.9. The molecule has 0 amide bonds. The molecule has 4 heteroatoms. The average Bonchev–Trinajstić information content (AvgIpc) is 3.10. The van der Waals surface area contributed by atoms with Crippen LogP contribution < -0.4 is 5.32 Å². The van der Waals surface area contributed by atoms with Crippen LogP contribution in [0.15, 0.2) is 18.2 Å². The van der Waals surface area contributed by atoms with Crippen molar-refractivity contribution in [1.82, 2.24) is 0 Å². The molecule has 1 aromatic carbocycles. The zero-order chi connectivity index (χ0) is 12.4. The summed E-state index contributed by atoms with van der Waals surface area (Å²) >= 11 is 0. The topological polar surface area (TPSA) is 55.2 Å². The van der Waals surface area contributed by atoms with Gasteiger partial charge in [0.25, 0.3) is 5.69 Å². The van der Waals surface area contributed by atoms with E-state index in [9.17, 15) is 10.1 Å². The number of hydrogen-bond donors (Lipinski definition) is 1. The molecule has 1 atom stereocenters. The van der Waals surface area contributed by atoms with E-state index in [0.29, 0.717) is 11.6 Å². The van der Waals surface area contributed by atoms with Gasteiger partial charge in [0.05, 0.1) is 4.92 Å². The third kappa shape index (κ3) is 2.75. The van der Waals surface area contributed by atoms with Gasteiger partial charge in [-0.3, -0.25) is 10.1 Å². The Hall–Kier alpha value is -1.58. The molecule has 0 spiro atoms. The van der Waals surface area contributed by atoms with Crippen LogP contribution in [0.2, 0.25) is 0 Å². The number of nitrogens with one attached hydrogen (secondary N) is 1. The number of para-hydroxylation sites is 1. The van der Waals surface area contributed by atoms with Crippen LogP contribution >= 0.6 is 0 Å². The average molecular weight is 234 g/mol. The van der Waals surface area contributed by atoms with Gasteiger partial charge in [-0.05, 0) is 37.2 Å². The van der Waals surface area contributed by atoms with Crippen LogP contribution in [-0.2, 0) is 0 Å². The predicted octanol–water partition coefficient (Wildman–Crippen LogP) is 3.36.